The number of likely N-dealkylation sites (tertiary alicyclic amines) is 1. The third-order valence-electron chi connectivity index (χ3n) is 7.39. The summed E-state index contributed by atoms with van der Waals surface area (Å²) in [6.45, 7) is 3.83. The molecule has 6 rings (SSSR count). The van der Waals surface area contributed by atoms with Crippen molar-refractivity contribution in [1.82, 2.24) is 29.9 Å². The van der Waals surface area contributed by atoms with Crippen molar-refractivity contribution in [3.8, 4) is 17.2 Å². The summed E-state index contributed by atoms with van der Waals surface area (Å²) in [5.41, 5.74) is -0.272. The summed E-state index contributed by atoms with van der Waals surface area (Å²) in [6, 6.07) is 11.1. The van der Waals surface area contributed by atoms with E-state index in [1.807, 2.05) is 11.8 Å². The number of aromatic amines is 1. The van der Waals surface area contributed by atoms with E-state index in [9.17, 15) is 18.4 Å². The maximum Gasteiger partial charge on any atom is 0.284 e. The number of H-pyrrole nitrogens is 1. The number of hydrogen-bond acceptors (Lipinski definition) is 8. The van der Waals surface area contributed by atoms with Gasteiger partial charge in [0, 0.05) is 43.3 Å². The van der Waals surface area contributed by atoms with E-state index in [1.165, 1.54) is 54.9 Å². The number of aromatic nitrogens is 5. The minimum absolute atomic E-state index is 0.0716. The summed E-state index contributed by atoms with van der Waals surface area (Å²) < 4.78 is 50.2. The highest BCUT2D eigenvalue weighted by Crippen LogP contribution is 2.35. The SMILES string of the molecule is CCN1CCC(Nc2n[nH]c3nccc(Oc4ccc(NC(=O)c5ccnn(-c6ccc(F)cc6)c5=O)cc4F)c23)[C@H](F)C1. The van der Waals surface area contributed by atoms with Gasteiger partial charge in [-0.25, -0.2) is 18.2 Å². The number of anilines is 2. The number of carbonyl (C=O) groups excluding carboxylic acids is 1. The number of pyridine rings is 1. The fourth-order valence-electron chi connectivity index (χ4n) is 5.03. The van der Waals surface area contributed by atoms with Crippen molar-refractivity contribution in [2.24, 2.45) is 0 Å². The molecule has 1 aliphatic rings. The van der Waals surface area contributed by atoms with Crippen LogP contribution < -0.4 is 20.9 Å². The van der Waals surface area contributed by atoms with Crippen LogP contribution in [0.1, 0.15) is 23.7 Å². The van der Waals surface area contributed by atoms with Crippen molar-refractivity contribution in [1.29, 1.82) is 0 Å². The molecule has 4 heterocycles. The normalized spacial score (nSPS) is 17.0. The lowest BCUT2D eigenvalue weighted by atomic mass is 10.0. The molecule has 0 radical (unpaired) electrons. The van der Waals surface area contributed by atoms with Crippen molar-refractivity contribution in [2.75, 3.05) is 30.3 Å². The fraction of sp³-hybridized carbons (Fsp3) is 0.233. The summed E-state index contributed by atoms with van der Waals surface area (Å²) in [5, 5.41) is 17.1. The number of ether oxygens (including phenoxy) is 1. The van der Waals surface area contributed by atoms with E-state index in [0.717, 1.165) is 23.8 Å². The van der Waals surface area contributed by atoms with Crippen LogP contribution in [0.5, 0.6) is 11.5 Å². The maximum absolute atomic E-state index is 15.2. The van der Waals surface area contributed by atoms with E-state index in [2.05, 4.69) is 30.9 Å². The topological polar surface area (TPSA) is 130 Å². The minimum atomic E-state index is -1.10. The molecule has 0 saturated carbocycles. The molecule has 11 nitrogen and oxygen atoms in total. The summed E-state index contributed by atoms with van der Waals surface area (Å²) in [6.07, 6.45) is 2.21. The lowest BCUT2D eigenvalue weighted by molar-refractivity contribution is 0.102. The van der Waals surface area contributed by atoms with Crippen LogP contribution in [0.15, 0.2) is 71.8 Å². The first-order valence-corrected chi connectivity index (χ1v) is 13.9. The van der Waals surface area contributed by atoms with Crippen LogP contribution in [0.4, 0.5) is 24.7 Å². The van der Waals surface area contributed by atoms with Crippen LogP contribution in [0, 0.1) is 11.6 Å². The zero-order valence-corrected chi connectivity index (χ0v) is 23.4. The third-order valence-corrected chi connectivity index (χ3v) is 7.39. The molecule has 1 aliphatic heterocycles. The Hall–Kier alpha value is -5.24. The van der Waals surface area contributed by atoms with Crippen molar-refractivity contribution >= 4 is 28.4 Å². The molecule has 2 atom stereocenters. The molecule has 5 aromatic rings. The van der Waals surface area contributed by atoms with Crippen molar-refractivity contribution in [3.63, 3.8) is 0 Å². The van der Waals surface area contributed by atoms with Gasteiger partial charge < -0.3 is 20.3 Å². The van der Waals surface area contributed by atoms with E-state index >= 15 is 4.39 Å². The van der Waals surface area contributed by atoms with Crippen LogP contribution in [0.2, 0.25) is 0 Å². The Kier molecular flexibility index (Phi) is 7.98. The molecule has 226 valence electrons. The zero-order chi connectivity index (χ0) is 30.8. The van der Waals surface area contributed by atoms with Crippen LogP contribution in [-0.2, 0) is 0 Å². The van der Waals surface area contributed by atoms with Crippen molar-refractivity contribution < 1.29 is 22.7 Å². The smallest absolute Gasteiger partial charge is 0.284 e. The monoisotopic (exact) mass is 604 g/mol. The Morgan fingerprint density at radius 3 is 2.66 bits per heavy atom. The Bertz CT molecular complexity index is 1880. The highest BCUT2D eigenvalue weighted by molar-refractivity contribution is 6.04. The van der Waals surface area contributed by atoms with Gasteiger partial charge in [0.15, 0.2) is 23.0 Å². The molecule has 3 N–H and O–H groups in total. The Labute approximate surface area is 248 Å². The fourth-order valence-corrected chi connectivity index (χ4v) is 5.03. The van der Waals surface area contributed by atoms with Gasteiger partial charge in [-0.2, -0.15) is 14.9 Å². The van der Waals surface area contributed by atoms with Crippen LogP contribution in [-0.4, -0.2) is 67.6 Å². The molecule has 1 fully saturated rings. The van der Waals surface area contributed by atoms with Gasteiger partial charge in [0.25, 0.3) is 11.5 Å². The predicted octanol–water partition coefficient (Wildman–Crippen LogP) is 4.67. The molecular formula is C30H27F3N8O3. The quantitative estimate of drug-likeness (QED) is 0.233. The molecule has 0 spiro atoms. The maximum atomic E-state index is 15.2. The first kappa shape index (κ1) is 28.9. The molecule has 1 unspecified atom stereocenters. The van der Waals surface area contributed by atoms with Gasteiger partial charge in [0.1, 0.15) is 28.7 Å². The number of piperidine rings is 1. The lowest BCUT2D eigenvalue weighted by Crippen LogP contribution is -2.47. The molecule has 1 amide bonds. The number of nitrogens with zero attached hydrogens (tertiary/aromatic N) is 5. The van der Waals surface area contributed by atoms with E-state index in [4.69, 9.17) is 4.74 Å². The molecular weight excluding hydrogens is 577 g/mol. The standard InChI is InChI=1S/C30H27F3N8O3/c1-2-40-14-11-23(22(33)16-40)37-28-26-25(10-12-34-27(26)38-39-28)44-24-8-5-18(15-21(24)32)36-29(42)20-9-13-35-41(30(20)43)19-6-3-17(31)4-7-19/h3-10,12-13,15,22-23H,2,11,14,16H2,1H3,(H,36,42)(H2,34,37,38,39)/t22-,23?/m1/s1. The van der Waals surface area contributed by atoms with E-state index in [-0.39, 0.29) is 28.4 Å². The number of benzene rings is 2. The molecule has 3 aromatic heterocycles. The Balaban J connectivity index is 1.19. The van der Waals surface area contributed by atoms with Gasteiger partial charge in [0.05, 0.1) is 11.7 Å². The number of amides is 1. The van der Waals surface area contributed by atoms with Crippen LogP contribution in [0.3, 0.4) is 0 Å². The lowest BCUT2D eigenvalue weighted by Gasteiger charge is -2.34. The summed E-state index contributed by atoms with van der Waals surface area (Å²) in [4.78, 5) is 32.1. The van der Waals surface area contributed by atoms with Crippen LogP contribution >= 0.6 is 0 Å². The summed E-state index contributed by atoms with van der Waals surface area (Å²) in [7, 11) is 0. The van der Waals surface area contributed by atoms with Gasteiger partial charge >= 0.3 is 0 Å². The second kappa shape index (κ2) is 12.2. The molecule has 1 saturated heterocycles. The molecule has 0 aliphatic carbocycles. The number of alkyl halides is 1. The van der Waals surface area contributed by atoms with Gasteiger partial charge in [0.2, 0.25) is 0 Å². The first-order chi connectivity index (χ1) is 21.3. The number of fused-ring (bicyclic) bond motifs is 1. The van der Waals surface area contributed by atoms with Gasteiger partial charge in [-0.1, -0.05) is 6.92 Å². The number of rotatable bonds is 8. The number of nitrogens with one attached hydrogen (secondary N) is 3. The second-order valence-electron chi connectivity index (χ2n) is 10.2. The molecule has 44 heavy (non-hydrogen) atoms. The molecule has 2 aromatic carbocycles. The highest BCUT2D eigenvalue weighted by Gasteiger charge is 2.30. The van der Waals surface area contributed by atoms with E-state index in [1.54, 1.807) is 6.07 Å². The average molecular weight is 605 g/mol. The number of carbonyl (C=O) groups is 1. The summed E-state index contributed by atoms with van der Waals surface area (Å²) >= 11 is 0. The molecule has 14 heteroatoms. The summed E-state index contributed by atoms with van der Waals surface area (Å²) in [5.74, 6) is -1.64. The third kappa shape index (κ3) is 5.83. The minimum Gasteiger partial charge on any atom is -0.453 e. The first-order valence-electron chi connectivity index (χ1n) is 13.9. The number of hydrogen-bond donors (Lipinski definition) is 3. The van der Waals surface area contributed by atoms with Crippen molar-refractivity contribution in [3.05, 3.63) is 94.5 Å². The van der Waals surface area contributed by atoms with Gasteiger partial charge in [-0.15, -0.1) is 0 Å². The largest absolute Gasteiger partial charge is 0.453 e. The highest BCUT2D eigenvalue weighted by atomic mass is 19.1. The van der Waals surface area contributed by atoms with Crippen molar-refractivity contribution in [2.45, 2.75) is 25.6 Å². The van der Waals surface area contributed by atoms with Gasteiger partial charge in [-0.05, 0) is 55.4 Å². The molecule has 0 bridgehead atoms. The van der Waals surface area contributed by atoms with E-state index in [0.29, 0.717) is 29.8 Å². The van der Waals surface area contributed by atoms with E-state index < -0.39 is 35.3 Å². The van der Waals surface area contributed by atoms with Gasteiger partial charge in [-0.3, -0.25) is 14.7 Å². The Morgan fingerprint density at radius 2 is 1.91 bits per heavy atom. The second-order valence-corrected chi connectivity index (χ2v) is 10.2. The Morgan fingerprint density at radius 1 is 1.09 bits per heavy atom. The van der Waals surface area contributed by atoms with Crippen LogP contribution in [0.25, 0.3) is 16.7 Å². The predicted molar refractivity (Wildman–Crippen MR) is 157 cm³/mol. The average Bonchev–Trinajstić information content (AvgIpc) is 3.43. The zero-order valence-electron chi connectivity index (χ0n) is 23.4. The number of halogens is 3.